The number of piperidine rings is 3. The standard InChI is InChI=1S/C11H18N2O/c1-7(14)12-11-9-2-8-3-10(11)6-13(4-8)5-9/h8-11H,2-6H2,1H3,(H,12,14). The lowest BCUT2D eigenvalue weighted by molar-refractivity contribution is -0.123. The van der Waals surface area contributed by atoms with Crippen molar-refractivity contribution in [2.45, 2.75) is 25.8 Å². The second-order valence-corrected chi connectivity index (χ2v) is 5.30. The molecule has 4 aliphatic rings. The normalized spacial score (nSPS) is 49.4. The van der Waals surface area contributed by atoms with Crippen molar-refractivity contribution in [1.29, 1.82) is 0 Å². The number of nitrogens with one attached hydrogen (secondary N) is 1. The fourth-order valence-electron chi connectivity index (χ4n) is 3.88. The molecule has 0 aromatic rings. The maximum atomic E-state index is 11.1. The van der Waals surface area contributed by atoms with Crippen LogP contribution in [-0.2, 0) is 4.79 Å². The molecule has 14 heavy (non-hydrogen) atoms. The van der Waals surface area contributed by atoms with Gasteiger partial charge in [0.2, 0.25) is 5.91 Å². The van der Waals surface area contributed by atoms with Crippen LogP contribution in [0.5, 0.6) is 0 Å². The Hall–Kier alpha value is -0.570. The Kier molecular flexibility index (Phi) is 1.84. The first-order chi connectivity index (χ1) is 6.72. The van der Waals surface area contributed by atoms with Gasteiger partial charge in [-0.3, -0.25) is 4.79 Å². The van der Waals surface area contributed by atoms with E-state index in [0.29, 0.717) is 6.04 Å². The minimum absolute atomic E-state index is 0.150. The third-order valence-electron chi connectivity index (χ3n) is 4.16. The van der Waals surface area contributed by atoms with Crippen LogP contribution in [0.2, 0.25) is 0 Å². The summed E-state index contributed by atoms with van der Waals surface area (Å²) in [7, 11) is 0. The number of rotatable bonds is 1. The van der Waals surface area contributed by atoms with Crippen molar-refractivity contribution in [1.82, 2.24) is 10.2 Å². The van der Waals surface area contributed by atoms with E-state index in [4.69, 9.17) is 0 Å². The zero-order chi connectivity index (χ0) is 9.71. The van der Waals surface area contributed by atoms with E-state index < -0.39 is 0 Å². The molecule has 2 unspecified atom stereocenters. The highest BCUT2D eigenvalue weighted by Gasteiger charge is 2.47. The van der Waals surface area contributed by atoms with E-state index in [1.807, 2.05) is 0 Å². The Bertz CT molecular complexity index is 236. The summed E-state index contributed by atoms with van der Waals surface area (Å²) >= 11 is 0. The topological polar surface area (TPSA) is 32.3 Å². The minimum atomic E-state index is 0.150. The molecule has 0 aromatic heterocycles. The molecule has 0 radical (unpaired) electrons. The van der Waals surface area contributed by atoms with Crippen molar-refractivity contribution < 1.29 is 4.79 Å². The SMILES string of the molecule is CC(=O)NC1C2CC3CC1CN(C3)C2. The molecule has 4 rings (SSSR count). The summed E-state index contributed by atoms with van der Waals surface area (Å²) in [5, 5.41) is 3.16. The van der Waals surface area contributed by atoms with Gasteiger partial charge in [-0.25, -0.2) is 0 Å². The molecule has 1 saturated carbocycles. The van der Waals surface area contributed by atoms with Crippen LogP contribution >= 0.6 is 0 Å². The maximum Gasteiger partial charge on any atom is 0.217 e. The summed E-state index contributed by atoms with van der Waals surface area (Å²) < 4.78 is 0. The molecule has 0 aromatic carbocycles. The van der Waals surface area contributed by atoms with Crippen molar-refractivity contribution >= 4 is 5.91 Å². The molecule has 4 fully saturated rings. The number of hydrogen-bond donors (Lipinski definition) is 1. The fraction of sp³-hybridized carbons (Fsp3) is 0.909. The van der Waals surface area contributed by atoms with E-state index in [9.17, 15) is 4.79 Å². The van der Waals surface area contributed by atoms with E-state index in [-0.39, 0.29) is 5.91 Å². The van der Waals surface area contributed by atoms with Gasteiger partial charge in [-0.1, -0.05) is 0 Å². The van der Waals surface area contributed by atoms with Crippen LogP contribution in [-0.4, -0.2) is 36.5 Å². The Morgan fingerprint density at radius 2 is 1.86 bits per heavy atom. The zero-order valence-electron chi connectivity index (χ0n) is 8.70. The number of carbonyl (C=O) groups is 1. The Morgan fingerprint density at radius 3 is 2.36 bits per heavy atom. The number of carbonyl (C=O) groups excluding carboxylic acids is 1. The monoisotopic (exact) mass is 194 g/mol. The molecule has 4 bridgehead atoms. The smallest absolute Gasteiger partial charge is 0.217 e. The first-order valence-corrected chi connectivity index (χ1v) is 5.72. The van der Waals surface area contributed by atoms with Gasteiger partial charge in [0.25, 0.3) is 0 Å². The van der Waals surface area contributed by atoms with Crippen LogP contribution in [0.25, 0.3) is 0 Å². The minimum Gasteiger partial charge on any atom is -0.353 e. The lowest BCUT2D eigenvalue weighted by Crippen LogP contribution is -2.64. The molecule has 3 saturated heterocycles. The summed E-state index contributed by atoms with van der Waals surface area (Å²) in [5.41, 5.74) is 0. The van der Waals surface area contributed by atoms with Crippen molar-refractivity contribution in [3.63, 3.8) is 0 Å². The van der Waals surface area contributed by atoms with E-state index in [2.05, 4.69) is 10.2 Å². The number of hydrogen-bond acceptors (Lipinski definition) is 2. The van der Waals surface area contributed by atoms with Crippen LogP contribution in [0.3, 0.4) is 0 Å². The van der Waals surface area contributed by atoms with E-state index in [0.717, 1.165) is 17.8 Å². The summed E-state index contributed by atoms with van der Waals surface area (Å²) in [6.45, 7) is 5.40. The average Bonchev–Trinajstić information content (AvgIpc) is 2.09. The summed E-state index contributed by atoms with van der Waals surface area (Å²) in [4.78, 5) is 13.7. The first-order valence-electron chi connectivity index (χ1n) is 5.72. The molecule has 3 heterocycles. The van der Waals surface area contributed by atoms with Gasteiger partial charge < -0.3 is 10.2 Å². The van der Waals surface area contributed by atoms with Crippen LogP contribution in [0.15, 0.2) is 0 Å². The van der Waals surface area contributed by atoms with E-state index in [1.54, 1.807) is 6.92 Å². The highest BCUT2D eigenvalue weighted by atomic mass is 16.1. The molecule has 78 valence electrons. The molecular weight excluding hydrogens is 176 g/mol. The molecule has 3 nitrogen and oxygen atoms in total. The molecule has 3 aliphatic heterocycles. The molecule has 0 spiro atoms. The van der Waals surface area contributed by atoms with Gasteiger partial charge >= 0.3 is 0 Å². The number of amides is 1. The Balaban J connectivity index is 1.77. The van der Waals surface area contributed by atoms with Gasteiger partial charge in [0.15, 0.2) is 0 Å². The van der Waals surface area contributed by atoms with Crippen LogP contribution in [0.1, 0.15) is 19.8 Å². The van der Waals surface area contributed by atoms with Crippen molar-refractivity contribution in [3.05, 3.63) is 0 Å². The highest BCUT2D eigenvalue weighted by molar-refractivity contribution is 5.73. The quantitative estimate of drug-likeness (QED) is 0.658. The molecule has 2 atom stereocenters. The van der Waals surface area contributed by atoms with Crippen molar-refractivity contribution in [3.8, 4) is 0 Å². The van der Waals surface area contributed by atoms with E-state index in [1.165, 1.54) is 32.5 Å². The Morgan fingerprint density at radius 1 is 1.21 bits per heavy atom. The predicted octanol–water partition coefficient (Wildman–Crippen LogP) is 0.463. The van der Waals surface area contributed by atoms with Gasteiger partial charge in [-0.05, 0) is 30.6 Å². The van der Waals surface area contributed by atoms with Crippen molar-refractivity contribution in [2.75, 3.05) is 19.6 Å². The van der Waals surface area contributed by atoms with E-state index >= 15 is 0 Å². The zero-order valence-corrected chi connectivity index (χ0v) is 8.70. The summed E-state index contributed by atoms with van der Waals surface area (Å²) in [6, 6.07) is 0.486. The lowest BCUT2D eigenvalue weighted by atomic mass is 9.65. The predicted molar refractivity (Wildman–Crippen MR) is 53.7 cm³/mol. The molecule has 1 N–H and O–H groups in total. The average molecular weight is 194 g/mol. The molecule has 1 amide bonds. The lowest BCUT2D eigenvalue weighted by Gasteiger charge is -2.55. The maximum absolute atomic E-state index is 11.1. The van der Waals surface area contributed by atoms with Gasteiger partial charge in [0, 0.05) is 32.6 Å². The van der Waals surface area contributed by atoms with Gasteiger partial charge in [-0.2, -0.15) is 0 Å². The summed E-state index contributed by atoms with van der Waals surface area (Å²) in [5.74, 6) is 2.56. The van der Waals surface area contributed by atoms with Crippen LogP contribution < -0.4 is 5.32 Å². The van der Waals surface area contributed by atoms with Crippen LogP contribution in [0.4, 0.5) is 0 Å². The largest absolute Gasteiger partial charge is 0.353 e. The van der Waals surface area contributed by atoms with Gasteiger partial charge in [0.05, 0.1) is 0 Å². The first kappa shape index (κ1) is 8.72. The third-order valence-corrected chi connectivity index (χ3v) is 4.16. The summed E-state index contributed by atoms with van der Waals surface area (Å²) in [6.07, 6.45) is 2.69. The number of nitrogens with zero attached hydrogens (tertiary/aromatic N) is 1. The van der Waals surface area contributed by atoms with Crippen molar-refractivity contribution in [2.24, 2.45) is 17.8 Å². The van der Waals surface area contributed by atoms with Crippen LogP contribution in [0, 0.1) is 17.8 Å². The third kappa shape index (κ3) is 1.26. The molecule has 3 heteroatoms. The highest BCUT2D eigenvalue weighted by Crippen LogP contribution is 2.43. The molecule has 1 aliphatic carbocycles. The fourth-order valence-corrected chi connectivity index (χ4v) is 3.88. The Labute approximate surface area is 84.8 Å². The second-order valence-electron chi connectivity index (χ2n) is 5.30. The molecular formula is C11H18N2O. The van der Waals surface area contributed by atoms with Gasteiger partial charge in [-0.15, -0.1) is 0 Å². The van der Waals surface area contributed by atoms with Gasteiger partial charge in [0.1, 0.15) is 0 Å². The second kappa shape index (κ2) is 2.96.